The fraction of sp³-hybridized carbons (Fsp3) is 0.333. The molecule has 1 N–H and O–H groups in total. The molecule has 8 heteroatoms. The Bertz CT molecular complexity index is 759. The first-order valence-corrected chi connectivity index (χ1v) is 7.57. The highest BCUT2D eigenvalue weighted by Gasteiger charge is 2.21. The van der Waals surface area contributed by atoms with Gasteiger partial charge in [-0.2, -0.15) is 5.10 Å². The maximum atomic E-state index is 13.7. The number of hydrogen-bond acceptors (Lipinski definition) is 4. The molecule has 0 bridgehead atoms. The Morgan fingerprint density at radius 1 is 1.22 bits per heavy atom. The number of anilines is 1. The quantitative estimate of drug-likeness (QED) is 0.929. The molecule has 0 unspecified atom stereocenters. The number of hydrogen-bond donors (Lipinski definition) is 1. The van der Waals surface area contributed by atoms with Crippen LogP contribution in [0, 0.1) is 11.6 Å². The molecule has 1 saturated heterocycles. The van der Waals surface area contributed by atoms with Gasteiger partial charge in [-0.15, -0.1) is 0 Å². The van der Waals surface area contributed by atoms with Gasteiger partial charge in [0.15, 0.2) is 0 Å². The zero-order valence-corrected chi connectivity index (χ0v) is 13.0. The Morgan fingerprint density at radius 3 is 2.65 bits per heavy atom. The molecule has 1 aromatic carbocycles. The average Bonchev–Trinajstić information content (AvgIpc) is 2.54. The van der Waals surface area contributed by atoms with Gasteiger partial charge in [0.05, 0.1) is 11.9 Å². The van der Waals surface area contributed by atoms with Crippen LogP contribution in [0.15, 0.2) is 29.2 Å². The van der Waals surface area contributed by atoms with E-state index < -0.39 is 17.2 Å². The second-order valence-corrected chi connectivity index (χ2v) is 5.78. The second-order valence-electron chi connectivity index (χ2n) is 5.40. The molecular weight excluding hydrogens is 326 g/mol. The molecule has 2 heterocycles. The number of aromatic nitrogens is 2. The third-order valence-electron chi connectivity index (χ3n) is 3.90. The van der Waals surface area contributed by atoms with E-state index in [0.29, 0.717) is 44.0 Å². The largest absolute Gasteiger partial charge is 0.366 e. The fourth-order valence-electron chi connectivity index (χ4n) is 2.63. The molecule has 0 atom stereocenters. The first-order valence-electron chi connectivity index (χ1n) is 7.19. The van der Waals surface area contributed by atoms with Gasteiger partial charge in [-0.3, -0.25) is 9.69 Å². The van der Waals surface area contributed by atoms with Gasteiger partial charge in [-0.25, -0.2) is 13.9 Å². The van der Waals surface area contributed by atoms with Gasteiger partial charge in [0, 0.05) is 44.4 Å². The van der Waals surface area contributed by atoms with Gasteiger partial charge in [0.2, 0.25) is 0 Å². The van der Waals surface area contributed by atoms with Crippen molar-refractivity contribution in [3.05, 3.63) is 57.0 Å². The van der Waals surface area contributed by atoms with Crippen molar-refractivity contribution >= 4 is 17.3 Å². The molecule has 0 aliphatic carbocycles. The lowest BCUT2D eigenvalue weighted by Gasteiger charge is -2.36. The molecule has 5 nitrogen and oxygen atoms in total. The van der Waals surface area contributed by atoms with E-state index in [1.165, 1.54) is 18.3 Å². The highest BCUT2D eigenvalue weighted by atomic mass is 35.5. The van der Waals surface area contributed by atoms with Crippen molar-refractivity contribution in [3.8, 4) is 0 Å². The van der Waals surface area contributed by atoms with E-state index in [4.69, 9.17) is 11.6 Å². The highest BCUT2D eigenvalue weighted by Crippen LogP contribution is 2.22. The van der Waals surface area contributed by atoms with Crippen molar-refractivity contribution < 1.29 is 8.78 Å². The topological polar surface area (TPSA) is 52.2 Å². The highest BCUT2D eigenvalue weighted by molar-refractivity contribution is 6.32. The first kappa shape index (κ1) is 15.9. The van der Waals surface area contributed by atoms with Crippen LogP contribution in [0.2, 0.25) is 5.02 Å². The standard InChI is InChI=1S/C15H15ClF2N4O/c16-14-13(8-19-20-15(14)23)22-5-3-21(4-6-22)9-10-1-2-11(17)7-12(10)18/h1-2,7-8H,3-6,9H2,(H,20,23). The van der Waals surface area contributed by atoms with Gasteiger partial charge >= 0.3 is 0 Å². The number of piperazine rings is 1. The minimum absolute atomic E-state index is 0.123. The minimum atomic E-state index is -0.576. The number of benzene rings is 1. The monoisotopic (exact) mass is 340 g/mol. The summed E-state index contributed by atoms with van der Waals surface area (Å²) in [6, 6.07) is 3.62. The molecule has 0 amide bonds. The molecule has 0 spiro atoms. The van der Waals surface area contributed by atoms with E-state index in [0.717, 1.165) is 6.07 Å². The van der Waals surface area contributed by atoms with Gasteiger partial charge in [-0.05, 0) is 6.07 Å². The van der Waals surface area contributed by atoms with E-state index in [2.05, 4.69) is 15.1 Å². The van der Waals surface area contributed by atoms with E-state index in [-0.39, 0.29) is 5.02 Å². The van der Waals surface area contributed by atoms with Crippen molar-refractivity contribution in [1.82, 2.24) is 15.1 Å². The molecule has 23 heavy (non-hydrogen) atoms. The summed E-state index contributed by atoms with van der Waals surface area (Å²) in [5, 5.41) is 6.17. The predicted molar refractivity (Wildman–Crippen MR) is 83.7 cm³/mol. The Balaban J connectivity index is 1.64. The van der Waals surface area contributed by atoms with E-state index in [1.54, 1.807) is 0 Å². The summed E-state index contributed by atoms with van der Waals surface area (Å²) in [4.78, 5) is 15.5. The van der Waals surface area contributed by atoms with Crippen molar-refractivity contribution in [3.63, 3.8) is 0 Å². The number of nitrogens with zero attached hydrogens (tertiary/aromatic N) is 3. The number of aromatic amines is 1. The molecule has 3 rings (SSSR count). The van der Waals surface area contributed by atoms with Gasteiger partial charge in [0.25, 0.3) is 5.56 Å². The molecule has 1 fully saturated rings. The third kappa shape index (κ3) is 3.51. The number of nitrogens with one attached hydrogen (secondary N) is 1. The molecule has 1 aliphatic rings. The minimum Gasteiger partial charge on any atom is -0.366 e. The SMILES string of the molecule is O=c1[nH]ncc(N2CCN(Cc3ccc(F)cc3F)CC2)c1Cl. The summed E-state index contributed by atoms with van der Waals surface area (Å²) in [6.07, 6.45) is 1.53. The number of halogens is 3. The molecule has 1 aliphatic heterocycles. The van der Waals surface area contributed by atoms with Crippen LogP contribution in [0.4, 0.5) is 14.5 Å². The van der Waals surface area contributed by atoms with Crippen molar-refractivity contribution in [1.29, 1.82) is 0 Å². The predicted octanol–water partition coefficient (Wildman–Crippen LogP) is 2.02. The van der Waals surface area contributed by atoms with Crippen LogP contribution in [0.5, 0.6) is 0 Å². The van der Waals surface area contributed by atoms with Gasteiger partial charge in [-0.1, -0.05) is 17.7 Å². The summed E-state index contributed by atoms with van der Waals surface area (Å²) in [7, 11) is 0. The van der Waals surface area contributed by atoms with Crippen molar-refractivity contribution in [2.75, 3.05) is 31.1 Å². The van der Waals surface area contributed by atoms with E-state index >= 15 is 0 Å². The van der Waals surface area contributed by atoms with Crippen LogP contribution < -0.4 is 10.5 Å². The Labute approximate surface area is 136 Å². The first-order chi connectivity index (χ1) is 11.0. The average molecular weight is 341 g/mol. The van der Waals surface area contributed by atoms with Crippen LogP contribution in [0.25, 0.3) is 0 Å². The van der Waals surface area contributed by atoms with Crippen LogP contribution in [0.3, 0.4) is 0 Å². The summed E-state index contributed by atoms with van der Waals surface area (Å²) >= 11 is 6.00. The summed E-state index contributed by atoms with van der Waals surface area (Å²) in [6.45, 7) is 3.07. The van der Waals surface area contributed by atoms with Crippen LogP contribution in [-0.2, 0) is 6.54 Å². The Kier molecular flexibility index (Phi) is 4.58. The summed E-state index contributed by atoms with van der Waals surface area (Å²) in [5.41, 5.74) is 0.652. The molecule has 0 radical (unpaired) electrons. The molecule has 122 valence electrons. The smallest absolute Gasteiger partial charge is 0.285 e. The lowest BCUT2D eigenvalue weighted by atomic mass is 10.1. The van der Waals surface area contributed by atoms with Crippen LogP contribution in [0.1, 0.15) is 5.56 Å². The lowest BCUT2D eigenvalue weighted by molar-refractivity contribution is 0.246. The zero-order valence-electron chi connectivity index (χ0n) is 12.2. The molecule has 1 aromatic heterocycles. The normalized spacial score (nSPS) is 15.9. The van der Waals surface area contributed by atoms with Crippen LogP contribution >= 0.6 is 11.6 Å². The van der Waals surface area contributed by atoms with Crippen molar-refractivity contribution in [2.24, 2.45) is 0 Å². The number of H-pyrrole nitrogens is 1. The fourth-order valence-corrected chi connectivity index (χ4v) is 2.84. The molecule has 0 saturated carbocycles. The van der Waals surface area contributed by atoms with Gasteiger partial charge < -0.3 is 4.90 Å². The maximum absolute atomic E-state index is 13.7. The molecular formula is C15H15ClF2N4O. The number of rotatable bonds is 3. The van der Waals surface area contributed by atoms with Crippen LogP contribution in [-0.4, -0.2) is 41.3 Å². The Morgan fingerprint density at radius 2 is 1.96 bits per heavy atom. The third-order valence-corrected chi connectivity index (χ3v) is 4.26. The van der Waals surface area contributed by atoms with E-state index in [9.17, 15) is 13.6 Å². The lowest BCUT2D eigenvalue weighted by Crippen LogP contribution is -2.46. The Hall–Kier alpha value is -1.99. The van der Waals surface area contributed by atoms with E-state index in [1.807, 2.05) is 4.90 Å². The zero-order chi connectivity index (χ0) is 16.4. The summed E-state index contributed by atoms with van der Waals surface area (Å²) < 4.78 is 26.6. The second kappa shape index (κ2) is 6.64. The summed E-state index contributed by atoms with van der Waals surface area (Å²) in [5.74, 6) is -1.11. The van der Waals surface area contributed by atoms with Crippen molar-refractivity contribution in [2.45, 2.75) is 6.54 Å². The maximum Gasteiger partial charge on any atom is 0.285 e. The van der Waals surface area contributed by atoms with Gasteiger partial charge in [0.1, 0.15) is 16.7 Å². The molecule has 2 aromatic rings.